The normalized spacial score (nSPS) is 12.1. The van der Waals surface area contributed by atoms with Crippen molar-refractivity contribution in [1.29, 1.82) is 0 Å². The number of phenols is 3. The molecule has 0 radical (unpaired) electrons. The van der Waals surface area contributed by atoms with E-state index >= 15 is 0 Å². The molecule has 2 aromatic carbocycles. The van der Waals surface area contributed by atoms with Gasteiger partial charge in [0.2, 0.25) is 0 Å². The Morgan fingerprint density at radius 3 is 1.87 bits per heavy atom. The van der Waals surface area contributed by atoms with Crippen molar-refractivity contribution < 1.29 is 44.2 Å². The number of esters is 2. The van der Waals surface area contributed by atoms with Crippen LogP contribution in [0.2, 0.25) is 0 Å². The minimum Gasteiger partial charge on any atom is -0.504 e. The van der Waals surface area contributed by atoms with Crippen LogP contribution in [0.15, 0.2) is 48.6 Å². The topological polar surface area (TPSA) is 143 Å². The molecular formula is C22H22O9. The third-order valence-corrected chi connectivity index (χ3v) is 3.86. The number of aromatic hydroxyl groups is 3. The van der Waals surface area contributed by atoms with Gasteiger partial charge in [-0.15, -0.1) is 0 Å². The number of aliphatic hydroxyl groups excluding tert-OH is 1. The summed E-state index contributed by atoms with van der Waals surface area (Å²) >= 11 is 0. The predicted octanol–water partition coefficient (Wildman–Crippen LogP) is 1.99. The molecule has 1 unspecified atom stereocenters. The Hall–Kier alpha value is -3.98. The molecule has 0 aromatic heterocycles. The molecule has 0 saturated heterocycles. The van der Waals surface area contributed by atoms with E-state index in [0.717, 1.165) is 12.2 Å². The maximum absolute atomic E-state index is 11.7. The van der Waals surface area contributed by atoms with E-state index in [2.05, 4.69) is 0 Å². The highest BCUT2D eigenvalue weighted by atomic mass is 16.6. The van der Waals surface area contributed by atoms with Crippen LogP contribution >= 0.6 is 0 Å². The number of phenolic OH excluding ortho intramolecular Hbond substituents is 3. The molecule has 31 heavy (non-hydrogen) atoms. The molecule has 0 amide bonds. The molecule has 0 spiro atoms. The van der Waals surface area contributed by atoms with Crippen molar-refractivity contribution in [2.24, 2.45) is 0 Å². The fraction of sp³-hybridized carbons (Fsp3) is 0.182. The van der Waals surface area contributed by atoms with E-state index < -0.39 is 24.6 Å². The summed E-state index contributed by atoms with van der Waals surface area (Å²) in [5.41, 5.74) is 1.05. The minimum atomic E-state index is -1.22. The van der Waals surface area contributed by atoms with Gasteiger partial charge in [0.25, 0.3) is 0 Å². The fourth-order valence-corrected chi connectivity index (χ4v) is 2.27. The van der Waals surface area contributed by atoms with Crippen LogP contribution in [0.25, 0.3) is 12.2 Å². The van der Waals surface area contributed by atoms with Gasteiger partial charge in [0.15, 0.2) is 23.0 Å². The smallest absolute Gasteiger partial charge is 0.330 e. The predicted molar refractivity (Wildman–Crippen MR) is 110 cm³/mol. The van der Waals surface area contributed by atoms with Crippen LogP contribution in [0.1, 0.15) is 11.1 Å². The first-order chi connectivity index (χ1) is 14.8. The van der Waals surface area contributed by atoms with Crippen LogP contribution in [0.4, 0.5) is 0 Å². The molecular weight excluding hydrogens is 408 g/mol. The van der Waals surface area contributed by atoms with Crippen LogP contribution in [0.5, 0.6) is 23.0 Å². The first-order valence-corrected chi connectivity index (χ1v) is 9.05. The summed E-state index contributed by atoms with van der Waals surface area (Å²) in [6.45, 7) is -0.777. The van der Waals surface area contributed by atoms with E-state index in [0.29, 0.717) is 11.1 Å². The number of rotatable bonds is 9. The highest BCUT2D eigenvalue weighted by Crippen LogP contribution is 2.27. The number of carbonyl (C=O) groups excluding carboxylic acids is 2. The highest BCUT2D eigenvalue weighted by Gasteiger charge is 2.10. The van der Waals surface area contributed by atoms with Gasteiger partial charge in [0, 0.05) is 12.2 Å². The largest absolute Gasteiger partial charge is 0.504 e. The summed E-state index contributed by atoms with van der Waals surface area (Å²) in [5, 5.41) is 37.9. The van der Waals surface area contributed by atoms with Gasteiger partial charge >= 0.3 is 11.9 Å². The van der Waals surface area contributed by atoms with Gasteiger partial charge in [-0.3, -0.25) is 0 Å². The summed E-state index contributed by atoms with van der Waals surface area (Å²) < 4.78 is 14.7. The molecule has 0 aliphatic rings. The summed E-state index contributed by atoms with van der Waals surface area (Å²) in [7, 11) is 1.40. The first-order valence-electron chi connectivity index (χ1n) is 9.05. The van der Waals surface area contributed by atoms with Crippen molar-refractivity contribution in [2.45, 2.75) is 6.10 Å². The lowest BCUT2D eigenvalue weighted by molar-refractivity contribution is -0.146. The fourth-order valence-electron chi connectivity index (χ4n) is 2.27. The Morgan fingerprint density at radius 2 is 1.35 bits per heavy atom. The zero-order chi connectivity index (χ0) is 22.8. The molecule has 164 valence electrons. The lowest BCUT2D eigenvalue weighted by atomic mass is 10.2. The summed E-state index contributed by atoms with van der Waals surface area (Å²) in [6, 6.07) is 8.53. The molecule has 1 atom stereocenters. The second kappa shape index (κ2) is 11.3. The quantitative estimate of drug-likeness (QED) is 0.267. The van der Waals surface area contributed by atoms with Gasteiger partial charge in [-0.2, -0.15) is 0 Å². The Morgan fingerprint density at radius 1 is 0.839 bits per heavy atom. The lowest BCUT2D eigenvalue weighted by Gasteiger charge is -2.10. The molecule has 0 bridgehead atoms. The van der Waals surface area contributed by atoms with Gasteiger partial charge < -0.3 is 34.6 Å². The van der Waals surface area contributed by atoms with E-state index in [4.69, 9.17) is 14.2 Å². The van der Waals surface area contributed by atoms with Gasteiger partial charge in [0.05, 0.1) is 7.11 Å². The van der Waals surface area contributed by atoms with Gasteiger partial charge in [-0.1, -0.05) is 12.1 Å². The van der Waals surface area contributed by atoms with E-state index in [1.54, 1.807) is 6.07 Å². The molecule has 0 heterocycles. The van der Waals surface area contributed by atoms with E-state index in [1.165, 1.54) is 49.6 Å². The second-order valence-corrected chi connectivity index (χ2v) is 6.26. The molecule has 0 aliphatic carbocycles. The number of ether oxygens (including phenoxy) is 3. The van der Waals surface area contributed by atoms with Crippen LogP contribution in [0.3, 0.4) is 0 Å². The number of hydrogen-bond acceptors (Lipinski definition) is 9. The highest BCUT2D eigenvalue weighted by molar-refractivity contribution is 5.87. The Bertz CT molecular complexity index is 979. The van der Waals surface area contributed by atoms with Crippen molar-refractivity contribution in [3.63, 3.8) is 0 Å². The van der Waals surface area contributed by atoms with Gasteiger partial charge in [0.1, 0.15) is 19.3 Å². The van der Waals surface area contributed by atoms with Crippen molar-refractivity contribution in [1.82, 2.24) is 0 Å². The van der Waals surface area contributed by atoms with Crippen molar-refractivity contribution in [3.8, 4) is 23.0 Å². The van der Waals surface area contributed by atoms with E-state index in [-0.39, 0.29) is 29.6 Å². The maximum atomic E-state index is 11.7. The van der Waals surface area contributed by atoms with E-state index in [1.807, 2.05) is 0 Å². The zero-order valence-corrected chi connectivity index (χ0v) is 16.6. The Balaban J connectivity index is 1.73. The SMILES string of the molecule is COc1cc(C=CC(=O)OCC(O)COC(=O)C=Cc2ccc(O)c(O)c2)ccc1O. The van der Waals surface area contributed by atoms with Crippen LogP contribution in [-0.4, -0.2) is 58.8 Å². The standard InChI is InChI=1S/C22H22O9/c1-29-20-11-15(3-7-18(20)25)5-9-22(28)31-13-16(23)12-30-21(27)8-4-14-2-6-17(24)19(26)10-14/h2-11,16,23-26H,12-13H2,1H3. The summed E-state index contributed by atoms with van der Waals surface area (Å²) in [6.07, 6.45) is 3.81. The summed E-state index contributed by atoms with van der Waals surface area (Å²) in [5.74, 6) is -1.86. The Labute approximate surface area is 178 Å². The molecule has 0 aliphatic heterocycles. The minimum absolute atomic E-state index is 0.0315. The summed E-state index contributed by atoms with van der Waals surface area (Å²) in [4.78, 5) is 23.4. The molecule has 0 fully saturated rings. The van der Waals surface area contributed by atoms with Crippen molar-refractivity contribution >= 4 is 24.1 Å². The molecule has 4 N–H and O–H groups in total. The lowest BCUT2D eigenvalue weighted by Crippen LogP contribution is -2.24. The third-order valence-electron chi connectivity index (χ3n) is 3.86. The molecule has 0 saturated carbocycles. The first kappa shape index (κ1) is 23.3. The van der Waals surface area contributed by atoms with Crippen LogP contribution in [-0.2, 0) is 19.1 Å². The van der Waals surface area contributed by atoms with Crippen LogP contribution < -0.4 is 4.74 Å². The zero-order valence-electron chi connectivity index (χ0n) is 16.6. The average Bonchev–Trinajstić information content (AvgIpc) is 2.76. The van der Waals surface area contributed by atoms with Crippen molar-refractivity contribution in [3.05, 3.63) is 59.7 Å². The average molecular weight is 430 g/mol. The number of carbonyl (C=O) groups is 2. The monoisotopic (exact) mass is 430 g/mol. The van der Waals surface area contributed by atoms with Crippen LogP contribution in [0, 0.1) is 0 Å². The van der Waals surface area contributed by atoms with Crippen molar-refractivity contribution in [2.75, 3.05) is 20.3 Å². The Kier molecular flexibility index (Phi) is 8.47. The molecule has 9 nitrogen and oxygen atoms in total. The maximum Gasteiger partial charge on any atom is 0.330 e. The number of methoxy groups -OCH3 is 1. The molecule has 2 aromatic rings. The molecule has 9 heteroatoms. The van der Waals surface area contributed by atoms with E-state index in [9.17, 15) is 30.0 Å². The van der Waals surface area contributed by atoms with Gasteiger partial charge in [-0.05, 0) is 47.5 Å². The second-order valence-electron chi connectivity index (χ2n) is 6.26. The van der Waals surface area contributed by atoms with Gasteiger partial charge in [-0.25, -0.2) is 9.59 Å². The number of benzene rings is 2. The number of hydrogen-bond donors (Lipinski definition) is 4. The third kappa shape index (κ3) is 7.75. The molecule has 2 rings (SSSR count). The number of aliphatic hydroxyl groups is 1.